The number of amides is 1. The number of nitrogens with zero attached hydrogens (tertiary/aromatic N) is 1. The van der Waals surface area contributed by atoms with Gasteiger partial charge in [0.15, 0.2) is 12.6 Å². The van der Waals surface area contributed by atoms with Crippen LogP contribution in [0.4, 0.5) is 0 Å². The number of nitrogens with two attached hydrogens (primary N) is 1. The molecule has 0 saturated heterocycles. The van der Waals surface area contributed by atoms with Gasteiger partial charge in [-0.25, -0.2) is 0 Å². The van der Waals surface area contributed by atoms with Crippen LogP contribution in [-0.2, 0) is 16.6 Å². The number of ether oxygens (including phenoxy) is 1. The second kappa shape index (κ2) is 11.1. The first kappa shape index (κ1) is 22.3. The fourth-order valence-electron chi connectivity index (χ4n) is 2.83. The maximum absolute atomic E-state index is 10.8. The summed E-state index contributed by atoms with van der Waals surface area (Å²) < 4.78 is 5.28. The van der Waals surface area contributed by atoms with Crippen LogP contribution in [0.1, 0.15) is 31.9 Å². The van der Waals surface area contributed by atoms with E-state index in [4.69, 9.17) is 15.5 Å². The normalized spacial score (nSPS) is 11.8. The molecule has 6 heteroatoms. The van der Waals surface area contributed by atoms with E-state index in [1.54, 1.807) is 0 Å². The summed E-state index contributed by atoms with van der Waals surface area (Å²) in [5, 5.41) is 6.70. The smallest absolute Gasteiger partial charge is 0.255 e. The molecular formula is C23H32N4O2. The molecule has 2 rings (SSSR count). The molecule has 0 aromatic heterocycles. The summed E-state index contributed by atoms with van der Waals surface area (Å²) in [4.78, 5) is 15.5. The lowest BCUT2D eigenvalue weighted by atomic mass is 9.85. The van der Waals surface area contributed by atoms with E-state index in [0.29, 0.717) is 12.3 Å². The van der Waals surface area contributed by atoms with E-state index >= 15 is 0 Å². The number of carbonyl (C=O) groups is 1. The van der Waals surface area contributed by atoms with Crippen LogP contribution in [-0.4, -0.2) is 38.1 Å². The van der Waals surface area contributed by atoms with E-state index in [9.17, 15) is 4.79 Å². The maximum Gasteiger partial charge on any atom is 0.255 e. The SMILES string of the molecule is CCNC(=NCC(C)(C)c1ccccc1)NCCc1ccc(OCC(N)=O)cc1. The number of nitrogens with one attached hydrogen (secondary N) is 2. The first-order valence-electron chi connectivity index (χ1n) is 9.98. The summed E-state index contributed by atoms with van der Waals surface area (Å²) in [5.41, 5.74) is 7.49. The van der Waals surface area contributed by atoms with Gasteiger partial charge in [-0.1, -0.05) is 56.3 Å². The summed E-state index contributed by atoms with van der Waals surface area (Å²) in [6, 6.07) is 18.1. The molecular weight excluding hydrogens is 364 g/mol. The molecule has 0 atom stereocenters. The lowest BCUT2D eigenvalue weighted by Gasteiger charge is -2.24. The quantitative estimate of drug-likeness (QED) is 0.425. The Kier molecular flexibility index (Phi) is 8.52. The molecule has 0 unspecified atom stereocenters. The van der Waals surface area contributed by atoms with Crippen molar-refractivity contribution in [3.8, 4) is 5.75 Å². The van der Waals surface area contributed by atoms with Crippen molar-refractivity contribution in [2.24, 2.45) is 10.7 Å². The second-order valence-corrected chi connectivity index (χ2v) is 7.52. The fraction of sp³-hybridized carbons (Fsp3) is 0.391. The van der Waals surface area contributed by atoms with Crippen molar-refractivity contribution < 1.29 is 9.53 Å². The zero-order chi connectivity index (χ0) is 21.1. The molecule has 0 aliphatic rings. The monoisotopic (exact) mass is 396 g/mol. The molecule has 0 heterocycles. The Morgan fingerprint density at radius 2 is 1.76 bits per heavy atom. The topological polar surface area (TPSA) is 88.7 Å². The summed E-state index contributed by atoms with van der Waals surface area (Å²) in [7, 11) is 0. The zero-order valence-corrected chi connectivity index (χ0v) is 17.6. The van der Waals surface area contributed by atoms with Crippen LogP contribution in [0, 0.1) is 0 Å². The van der Waals surface area contributed by atoms with E-state index < -0.39 is 5.91 Å². The molecule has 156 valence electrons. The highest BCUT2D eigenvalue weighted by molar-refractivity contribution is 5.79. The van der Waals surface area contributed by atoms with Gasteiger partial charge >= 0.3 is 0 Å². The third-order valence-corrected chi connectivity index (χ3v) is 4.54. The van der Waals surface area contributed by atoms with Crippen LogP contribution in [0.5, 0.6) is 5.75 Å². The molecule has 29 heavy (non-hydrogen) atoms. The van der Waals surface area contributed by atoms with Crippen molar-refractivity contribution in [2.45, 2.75) is 32.6 Å². The molecule has 1 amide bonds. The molecule has 2 aromatic carbocycles. The number of aliphatic imine (C=N–C) groups is 1. The van der Waals surface area contributed by atoms with Crippen molar-refractivity contribution in [1.29, 1.82) is 0 Å². The van der Waals surface area contributed by atoms with Crippen molar-refractivity contribution in [3.63, 3.8) is 0 Å². The Balaban J connectivity index is 1.87. The first-order valence-corrected chi connectivity index (χ1v) is 9.98. The number of carbonyl (C=O) groups excluding carboxylic acids is 1. The maximum atomic E-state index is 10.8. The molecule has 6 nitrogen and oxygen atoms in total. The molecule has 0 aliphatic heterocycles. The standard InChI is InChI=1S/C23H32N4O2/c1-4-25-22(27-17-23(2,3)19-8-6-5-7-9-19)26-15-14-18-10-12-20(13-11-18)29-16-21(24)28/h5-13H,4,14-17H2,1-3H3,(H2,24,28)(H2,25,26,27). The largest absolute Gasteiger partial charge is 0.484 e. The van der Waals surface area contributed by atoms with Gasteiger partial charge in [0.2, 0.25) is 0 Å². The van der Waals surface area contributed by atoms with E-state index in [0.717, 1.165) is 25.5 Å². The number of hydrogen-bond acceptors (Lipinski definition) is 3. The lowest BCUT2D eigenvalue weighted by Crippen LogP contribution is -2.39. The number of primary amides is 1. The van der Waals surface area contributed by atoms with Crippen LogP contribution in [0.25, 0.3) is 0 Å². The third-order valence-electron chi connectivity index (χ3n) is 4.54. The van der Waals surface area contributed by atoms with E-state index in [1.807, 2.05) is 30.3 Å². The molecule has 4 N–H and O–H groups in total. The molecule has 0 spiro atoms. The highest BCUT2D eigenvalue weighted by Crippen LogP contribution is 2.22. The predicted molar refractivity (Wildman–Crippen MR) is 118 cm³/mol. The van der Waals surface area contributed by atoms with Crippen molar-refractivity contribution >= 4 is 11.9 Å². The molecule has 0 fully saturated rings. The van der Waals surface area contributed by atoms with E-state index in [1.165, 1.54) is 11.1 Å². The summed E-state index contributed by atoms with van der Waals surface area (Å²) in [6.07, 6.45) is 0.850. The van der Waals surface area contributed by atoms with Gasteiger partial charge in [-0.2, -0.15) is 0 Å². The summed E-state index contributed by atoms with van der Waals surface area (Å²) >= 11 is 0. The van der Waals surface area contributed by atoms with E-state index in [-0.39, 0.29) is 12.0 Å². The fourth-order valence-corrected chi connectivity index (χ4v) is 2.83. The van der Waals surface area contributed by atoms with E-state index in [2.05, 4.69) is 55.7 Å². The van der Waals surface area contributed by atoms with Gasteiger partial charge in [-0.3, -0.25) is 9.79 Å². The van der Waals surface area contributed by atoms with Crippen LogP contribution < -0.4 is 21.1 Å². The van der Waals surface area contributed by atoms with Crippen molar-refractivity contribution in [3.05, 3.63) is 65.7 Å². The van der Waals surface area contributed by atoms with Gasteiger partial charge in [0.1, 0.15) is 5.75 Å². The number of hydrogen-bond donors (Lipinski definition) is 3. The number of benzene rings is 2. The second-order valence-electron chi connectivity index (χ2n) is 7.52. The molecule has 0 saturated carbocycles. The average Bonchev–Trinajstić information content (AvgIpc) is 2.72. The molecule has 0 radical (unpaired) electrons. The Bertz CT molecular complexity index is 786. The Hall–Kier alpha value is -3.02. The zero-order valence-electron chi connectivity index (χ0n) is 17.6. The minimum atomic E-state index is -0.482. The van der Waals surface area contributed by atoms with Gasteiger partial charge in [0.05, 0.1) is 6.54 Å². The van der Waals surface area contributed by atoms with Crippen LogP contribution in [0.3, 0.4) is 0 Å². The van der Waals surface area contributed by atoms with Crippen LogP contribution in [0.2, 0.25) is 0 Å². The highest BCUT2D eigenvalue weighted by atomic mass is 16.5. The van der Waals surface area contributed by atoms with Crippen LogP contribution >= 0.6 is 0 Å². The number of guanidine groups is 1. The van der Waals surface area contributed by atoms with Crippen molar-refractivity contribution in [1.82, 2.24) is 10.6 Å². The lowest BCUT2D eigenvalue weighted by molar-refractivity contribution is -0.119. The Morgan fingerprint density at radius 1 is 1.07 bits per heavy atom. The first-order chi connectivity index (χ1) is 13.9. The van der Waals surface area contributed by atoms with Gasteiger partial charge in [-0.05, 0) is 36.6 Å². The predicted octanol–water partition coefficient (Wildman–Crippen LogP) is 2.63. The van der Waals surface area contributed by atoms with Crippen molar-refractivity contribution in [2.75, 3.05) is 26.2 Å². The van der Waals surface area contributed by atoms with Gasteiger partial charge < -0.3 is 21.1 Å². The van der Waals surface area contributed by atoms with Gasteiger partial charge in [-0.15, -0.1) is 0 Å². The summed E-state index contributed by atoms with van der Waals surface area (Å²) in [6.45, 7) is 8.63. The number of rotatable bonds is 10. The third kappa shape index (κ3) is 7.86. The Labute approximate surface area is 173 Å². The average molecular weight is 397 g/mol. The van der Waals surface area contributed by atoms with Gasteiger partial charge in [0.25, 0.3) is 5.91 Å². The van der Waals surface area contributed by atoms with Gasteiger partial charge in [0, 0.05) is 18.5 Å². The summed E-state index contributed by atoms with van der Waals surface area (Å²) in [5.74, 6) is 0.973. The highest BCUT2D eigenvalue weighted by Gasteiger charge is 2.19. The molecule has 0 bridgehead atoms. The minimum Gasteiger partial charge on any atom is -0.484 e. The molecule has 2 aromatic rings. The Morgan fingerprint density at radius 3 is 2.38 bits per heavy atom. The minimum absolute atomic E-state index is 0.0373. The molecule has 0 aliphatic carbocycles. The van der Waals surface area contributed by atoms with Crippen LogP contribution in [0.15, 0.2) is 59.6 Å².